The average molecular weight is 283 g/mol. The molecule has 0 radical (unpaired) electrons. The van der Waals surface area contributed by atoms with E-state index >= 15 is 0 Å². The van der Waals surface area contributed by atoms with Crippen molar-refractivity contribution in [3.63, 3.8) is 0 Å². The summed E-state index contributed by atoms with van der Waals surface area (Å²) in [7, 11) is 0. The number of aromatic nitrogens is 1. The molecule has 7 heteroatoms. The Bertz CT molecular complexity index is 870. The first kappa shape index (κ1) is 12.8. The molecule has 2 aromatic carbocycles. The molecular weight excluding hydrogens is 274 g/mol. The minimum absolute atomic E-state index is 0.0113. The number of non-ortho nitro benzene ring substituents is 1. The monoisotopic (exact) mass is 283 g/mol. The van der Waals surface area contributed by atoms with Crippen LogP contribution in [-0.4, -0.2) is 14.4 Å². The molecule has 0 saturated carbocycles. The second kappa shape index (κ2) is 4.71. The van der Waals surface area contributed by atoms with Crippen molar-refractivity contribution in [1.29, 1.82) is 0 Å². The molecule has 0 unspecified atom stereocenters. The second-order valence-corrected chi connectivity index (χ2v) is 4.43. The number of para-hydroxylation sites is 2. The van der Waals surface area contributed by atoms with Crippen molar-refractivity contribution in [2.24, 2.45) is 0 Å². The van der Waals surface area contributed by atoms with Crippen LogP contribution in [-0.2, 0) is 0 Å². The molecule has 1 aromatic heterocycles. The normalized spacial score (nSPS) is 10.7. The Morgan fingerprint density at radius 1 is 0.905 bits per heavy atom. The van der Waals surface area contributed by atoms with Gasteiger partial charge in [-0.1, -0.05) is 12.1 Å². The van der Waals surface area contributed by atoms with Crippen molar-refractivity contribution in [1.82, 2.24) is 4.57 Å². The standard InChI is InChI=1S/C14H9N3O4/c18-16(19)11-5-6-12-10(9-11)7-8-15(12)13-3-1-2-4-14(13)17(20)21/h1-9H. The lowest BCUT2D eigenvalue weighted by Crippen LogP contribution is -1.98. The van der Waals surface area contributed by atoms with Gasteiger partial charge in [-0.3, -0.25) is 20.2 Å². The van der Waals surface area contributed by atoms with Crippen LogP contribution in [0, 0.1) is 20.2 Å². The highest BCUT2D eigenvalue weighted by Gasteiger charge is 2.16. The highest BCUT2D eigenvalue weighted by molar-refractivity contribution is 5.84. The highest BCUT2D eigenvalue weighted by Crippen LogP contribution is 2.29. The molecular formula is C14H9N3O4. The fourth-order valence-electron chi connectivity index (χ4n) is 2.28. The van der Waals surface area contributed by atoms with Gasteiger partial charge in [-0.05, 0) is 18.2 Å². The van der Waals surface area contributed by atoms with Crippen LogP contribution in [0.15, 0.2) is 54.7 Å². The number of benzene rings is 2. The molecule has 1 heterocycles. The van der Waals surface area contributed by atoms with Crippen molar-refractivity contribution in [3.05, 3.63) is 75.0 Å². The zero-order valence-electron chi connectivity index (χ0n) is 10.7. The van der Waals surface area contributed by atoms with Gasteiger partial charge < -0.3 is 4.57 Å². The molecule has 0 amide bonds. The van der Waals surface area contributed by atoms with Gasteiger partial charge in [-0.25, -0.2) is 0 Å². The number of fused-ring (bicyclic) bond motifs is 1. The van der Waals surface area contributed by atoms with Crippen molar-refractivity contribution < 1.29 is 9.85 Å². The number of nitro groups is 2. The van der Waals surface area contributed by atoms with Crippen LogP contribution in [0.2, 0.25) is 0 Å². The Morgan fingerprint density at radius 3 is 2.38 bits per heavy atom. The van der Waals surface area contributed by atoms with Crippen LogP contribution >= 0.6 is 0 Å². The zero-order valence-corrected chi connectivity index (χ0v) is 10.7. The Balaban J connectivity index is 2.23. The fourth-order valence-corrected chi connectivity index (χ4v) is 2.28. The largest absolute Gasteiger partial charge is 0.311 e. The molecule has 21 heavy (non-hydrogen) atoms. The summed E-state index contributed by atoms with van der Waals surface area (Å²) in [4.78, 5) is 21.0. The molecule has 0 aliphatic rings. The fraction of sp³-hybridized carbons (Fsp3) is 0. The van der Waals surface area contributed by atoms with E-state index in [0.29, 0.717) is 16.6 Å². The predicted molar refractivity (Wildman–Crippen MR) is 76.6 cm³/mol. The predicted octanol–water partition coefficient (Wildman–Crippen LogP) is 3.45. The summed E-state index contributed by atoms with van der Waals surface area (Å²) in [6, 6.07) is 12.5. The summed E-state index contributed by atoms with van der Waals surface area (Å²) in [6.45, 7) is 0. The minimum Gasteiger partial charge on any atom is -0.311 e. The molecule has 3 aromatic rings. The first-order valence-electron chi connectivity index (χ1n) is 6.07. The Labute approximate surface area is 118 Å². The maximum Gasteiger partial charge on any atom is 0.293 e. The summed E-state index contributed by atoms with van der Waals surface area (Å²) in [5, 5.41) is 22.5. The van der Waals surface area contributed by atoms with Crippen LogP contribution in [0.5, 0.6) is 0 Å². The molecule has 0 atom stereocenters. The summed E-state index contributed by atoms with van der Waals surface area (Å²) in [5.74, 6) is 0. The lowest BCUT2D eigenvalue weighted by molar-refractivity contribution is -0.384. The van der Waals surface area contributed by atoms with Gasteiger partial charge in [0.25, 0.3) is 11.4 Å². The van der Waals surface area contributed by atoms with Gasteiger partial charge >= 0.3 is 0 Å². The van der Waals surface area contributed by atoms with E-state index in [1.165, 1.54) is 18.2 Å². The number of hydrogen-bond acceptors (Lipinski definition) is 4. The molecule has 0 spiro atoms. The van der Waals surface area contributed by atoms with Gasteiger partial charge in [0.05, 0.1) is 15.4 Å². The molecule has 104 valence electrons. The van der Waals surface area contributed by atoms with Crippen LogP contribution in [0.4, 0.5) is 11.4 Å². The van der Waals surface area contributed by atoms with E-state index in [0.717, 1.165) is 0 Å². The van der Waals surface area contributed by atoms with E-state index in [2.05, 4.69) is 0 Å². The number of nitrogens with zero attached hydrogens (tertiary/aromatic N) is 3. The SMILES string of the molecule is O=[N+]([O-])c1ccc2c(ccn2-c2ccccc2[N+](=O)[O-])c1. The quantitative estimate of drug-likeness (QED) is 0.543. The maximum atomic E-state index is 11.1. The van der Waals surface area contributed by atoms with Crippen molar-refractivity contribution >= 4 is 22.3 Å². The van der Waals surface area contributed by atoms with Crippen LogP contribution in [0.25, 0.3) is 16.6 Å². The van der Waals surface area contributed by atoms with Crippen molar-refractivity contribution in [2.75, 3.05) is 0 Å². The third kappa shape index (κ3) is 2.10. The van der Waals surface area contributed by atoms with Crippen LogP contribution in [0.1, 0.15) is 0 Å². The average Bonchev–Trinajstić information content (AvgIpc) is 2.89. The lowest BCUT2D eigenvalue weighted by atomic mass is 10.2. The van der Waals surface area contributed by atoms with Gasteiger partial charge in [0, 0.05) is 29.8 Å². The van der Waals surface area contributed by atoms with E-state index in [4.69, 9.17) is 0 Å². The van der Waals surface area contributed by atoms with E-state index in [9.17, 15) is 20.2 Å². The molecule has 3 rings (SSSR count). The van der Waals surface area contributed by atoms with Gasteiger partial charge in [0.15, 0.2) is 0 Å². The molecule has 0 N–H and O–H groups in total. The van der Waals surface area contributed by atoms with Gasteiger partial charge in [-0.2, -0.15) is 0 Å². The first-order valence-corrected chi connectivity index (χ1v) is 6.07. The van der Waals surface area contributed by atoms with Crippen molar-refractivity contribution in [3.8, 4) is 5.69 Å². The number of rotatable bonds is 3. The molecule has 0 fully saturated rings. The Kier molecular flexibility index (Phi) is 2.87. The summed E-state index contributed by atoms with van der Waals surface area (Å²) in [6.07, 6.45) is 1.66. The first-order chi connectivity index (χ1) is 10.1. The smallest absolute Gasteiger partial charge is 0.293 e. The highest BCUT2D eigenvalue weighted by atomic mass is 16.6. The van der Waals surface area contributed by atoms with Crippen molar-refractivity contribution in [2.45, 2.75) is 0 Å². The Morgan fingerprint density at radius 2 is 1.67 bits per heavy atom. The van der Waals surface area contributed by atoms with E-state index in [1.807, 2.05) is 0 Å². The summed E-state index contributed by atoms with van der Waals surface area (Å²) < 4.78 is 1.65. The minimum atomic E-state index is -0.470. The third-order valence-electron chi connectivity index (χ3n) is 3.22. The van der Waals surface area contributed by atoms with E-state index < -0.39 is 9.85 Å². The molecule has 0 aliphatic heterocycles. The van der Waals surface area contributed by atoms with E-state index in [-0.39, 0.29) is 11.4 Å². The molecule has 0 bridgehead atoms. The third-order valence-corrected chi connectivity index (χ3v) is 3.22. The van der Waals surface area contributed by atoms with Gasteiger partial charge in [-0.15, -0.1) is 0 Å². The Hall–Kier alpha value is -3.22. The molecule has 7 nitrogen and oxygen atoms in total. The zero-order chi connectivity index (χ0) is 15.0. The summed E-state index contributed by atoms with van der Waals surface area (Å²) >= 11 is 0. The van der Waals surface area contributed by atoms with Gasteiger partial charge in [0.2, 0.25) is 0 Å². The number of nitro benzene ring substituents is 2. The second-order valence-electron chi connectivity index (χ2n) is 4.43. The summed E-state index contributed by atoms with van der Waals surface area (Å²) in [5.41, 5.74) is 1.07. The van der Waals surface area contributed by atoms with E-state index in [1.54, 1.807) is 41.1 Å². The maximum absolute atomic E-state index is 11.1. The topological polar surface area (TPSA) is 91.2 Å². The molecule has 0 aliphatic carbocycles. The van der Waals surface area contributed by atoms with Crippen LogP contribution < -0.4 is 0 Å². The molecule has 0 saturated heterocycles. The number of hydrogen-bond donors (Lipinski definition) is 0. The lowest BCUT2D eigenvalue weighted by Gasteiger charge is -2.06. The van der Waals surface area contributed by atoms with Crippen LogP contribution in [0.3, 0.4) is 0 Å². The van der Waals surface area contributed by atoms with Gasteiger partial charge in [0.1, 0.15) is 5.69 Å².